The van der Waals surface area contributed by atoms with Gasteiger partial charge in [-0.05, 0) is 49.4 Å². The van der Waals surface area contributed by atoms with Gasteiger partial charge in [-0.15, -0.1) is 0 Å². The molecule has 2 aliphatic heterocycles. The van der Waals surface area contributed by atoms with Gasteiger partial charge in [-0.1, -0.05) is 60.7 Å². The second-order valence-electron chi connectivity index (χ2n) is 9.25. The van der Waals surface area contributed by atoms with Gasteiger partial charge in [0.15, 0.2) is 0 Å². The maximum absolute atomic E-state index is 12.7. The van der Waals surface area contributed by atoms with Gasteiger partial charge in [0.1, 0.15) is 6.61 Å². The van der Waals surface area contributed by atoms with Crippen LogP contribution in [0.15, 0.2) is 60.7 Å². The van der Waals surface area contributed by atoms with Crippen LogP contribution < -0.4 is 0 Å². The Morgan fingerprint density at radius 3 is 2.29 bits per heavy atom. The van der Waals surface area contributed by atoms with Crippen LogP contribution in [0.5, 0.6) is 0 Å². The minimum absolute atomic E-state index is 0.0294. The molecule has 31 heavy (non-hydrogen) atoms. The lowest BCUT2D eigenvalue weighted by Gasteiger charge is -2.50. The summed E-state index contributed by atoms with van der Waals surface area (Å²) in [4.78, 5) is 17.2. The van der Waals surface area contributed by atoms with E-state index in [0.717, 1.165) is 37.9 Å². The van der Waals surface area contributed by atoms with E-state index in [1.807, 2.05) is 23.1 Å². The van der Waals surface area contributed by atoms with Crippen molar-refractivity contribution < 1.29 is 14.6 Å². The molecule has 3 aliphatic rings. The third kappa shape index (κ3) is 4.40. The Morgan fingerprint density at radius 1 is 0.903 bits per heavy atom. The molecular formula is C26H32N2O3. The van der Waals surface area contributed by atoms with Gasteiger partial charge in [0, 0.05) is 19.0 Å². The molecule has 2 heterocycles. The van der Waals surface area contributed by atoms with Crippen LogP contribution in [0.4, 0.5) is 0 Å². The predicted molar refractivity (Wildman–Crippen MR) is 120 cm³/mol. The topological polar surface area (TPSA) is 53.0 Å². The van der Waals surface area contributed by atoms with Crippen molar-refractivity contribution in [3.63, 3.8) is 0 Å². The summed E-state index contributed by atoms with van der Waals surface area (Å²) in [5.41, 5.74) is 2.56. The minimum atomic E-state index is -0.402. The van der Waals surface area contributed by atoms with E-state index in [-0.39, 0.29) is 30.7 Å². The predicted octanol–water partition coefficient (Wildman–Crippen LogP) is 3.19. The fraction of sp³-hybridized carbons (Fsp3) is 0.500. The summed E-state index contributed by atoms with van der Waals surface area (Å²) in [5, 5.41) is 11.0. The smallest absolute Gasteiger partial charge is 0.249 e. The van der Waals surface area contributed by atoms with Crippen molar-refractivity contribution in [3.05, 3.63) is 71.8 Å². The average Bonchev–Trinajstić information content (AvgIpc) is 2.82. The SMILES string of the molecule is O=C1CO[C@@H]2C[C@@H](O)[C@H](N3CCC(c4ccccc4)CC3)C[C@H]2N1Cc1ccccc1. The second-order valence-corrected chi connectivity index (χ2v) is 9.25. The number of ether oxygens (including phenoxy) is 1. The first kappa shape index (κ1) is 20.7. The molecule has 5 heteroatoms. The number of aliphatic hydroxyl groups excluding tert-OH is 1. The third-order valence-corrected chi connectivity index (χ3v) is 7.44. The highest BCUT2D eigenvalue weighted by molar-refractivity contribution is 5.78. The summed E-state index contributed by atoms with van der Waals surface area (Å²) in [5.74, 6) is 0.656. The number of hydrogen-bond donors (Lipinski definition) is 1. The lowest BCUT2D eigenvalue weighted by Crippen LogP contribution is -2.63. The highest BCUT2D eigenvalue weighted by Crippen LogP contribution is 2.36. The Bertz CT molecular complexity index is 867. The molecule has 2 aromatic rings. The molecule has 0 unspecified atom stereocenters. The number of benzene rings is 2. The van der Waals surface area contributed by atoms with Crippen LogP contribution in [0.2, 0.25) is 0 Å². The van der Waals surface area contributed by atoms with Crippen molar-refractivity contribution in [2.75, 3.05) is 19.7 Å². The first-order chi connectivity index (χ1) is 15.2. The van der Waals surface area contributed by atoms with Crippen molar-refractivity contribution in [2.45, 2.75) is 62.4 Å². The molecule has 3 fully saturated rings. The number of rotatable bonds is 4. The third-order valence-electron chi connectivity index (χ3n) is 7.44. The van der Waals surface area contributed by atoms with Crippen molar-refractivity contribution in [2.24, 2.45) is 0 Å². The number of carbonyl (C=O) groups is 1. The summed E-state index contributed by atoms with van der Waals surface area (Å²) < 4.78 is 5.87. The summed E-state index contributed by atoms with van der Waals surface area (Å²) in [6.45, 7) is 2.72. The molecule has 4 atom stereocenters. The number of fused-ring (bicyclic) bond motifs is 1. The lowest BCUT2D eigenvalue weighted by molar-refractivity contribution is -0.172. The quantitative estimate of drug-likeness (QED) is 0.826. The van der Waals surface area contributed by atoms with Crippen molar-refractivity contribution in [1.82, 2.24) is 9.80 Å². The highest BCUT2D eigenvalue weighted by Gasteiger charge is 2.46. The number of amides is 1. The van der Waals surface area contributed by atoms with E-state index in [1.54, 1.807) is 0 Å². The normalized spacial score (nSPS) is 30.2. The molecule has 0 bridgehead atoms. The highest BCUT2D eigenvalue weighted by atomic mass is 16.5. The number of carbonyl (C=O) groups excluding carboxylic acids is 1. The van der Waals surface area contributed by atoms with E-state index in [4.69, 9.17) is 4.74 Å². The zero-order valence-electron chi connectivity index (χ0n) is 18.0. The monoisotopic (exact) mass is 420 g/mol. The molecule has 2 saturated heterocycles. The van der Waals surface area contributed by atoms with E-state index in [1.165, 1.54) is 5.56 Å². The summed E-state index contributed by atoms with van der Waals surface area (Å²) >= 11 is 0. The fourth-order valence-electron chi connectivity index (χ4n) is 5.73. The zero-order chi connectivity index (χ0) is 21.2. The van der Waals surface area contributed by atoms with E-state index < -0.39 is 6.10 Å². The number of aliphatic hydroxyl groups is 1. The van der Waals surface area contributed by atoms with Crippen molar-refractivity contribution >= 4 is 5.91 Å². The van der Waals surface area contributed by atoms with Gasteiger partial charge in [0.25, 0.3) is 0 Å². The molecular weight excluding hydrogens is 388 g/mol. The average molecular weight is 421 g/mol. The number of piperidine rings is 1. The number of nitrogens with zero attached hydrogens (tertiary/aromatic N) is 2. The maximum atomic E-state index is 12.7. The van der Waals surface area contributed by atoms with Gasteiger partial charge in [0.2, 0.25) is 5.91 Å². The van der Waals surface area contributed by atoms with Crippen LogP contribution in [0, 0.1) is 0 Å². The molecule has 1 saturated carbocycles. The standard InChI is InChI=1S/C26H32N2O3/c29-24-16-25-23(28(26(30)18-31-25)17-19-7-3-1-4-8-19)15-22(24)27-13-11-21(12-14-27)20-9-5-2-6-10-20/h1-10,21-25,29H,11-18H2/t22-,23-,24-,25-/m1/s1. The van der Waals surface area contributed by atoms with Crippen LogP contribution in [0.25, 0.3) is 0 Å². The van der Waals surface area contributed by atoms with Gasteiger partial charge >= 0.3 is 0 Å². The van der Waals surface area contributed by atoms with Crippen molar-refractivity contribution in [1.29, 1.82) is 0 Å². The van der Waals surface area contributed by atoms with Crippen LogP contribution in [0.1, 0.15) is 42.7 Å². The second kappa shape index (κ2) is 9.11. The van der Waals surface area contributed by atoms with E-state index in [0.29, 0.717) is 18.9 Å². The first-order valence-electron chi connectivity index (χ1n) is 11.6. The van der Waals surface area contributed by atoms with Crippen LogP contribution in [-0.4, -0.2) is 64.8 Å². The lowest BCUT2D eigenvalue weighted by atomic mass is 9.81. The molecule has 1 N–H and O–H groups in total. The first-order valence-corrected chi connectivity index (χ1v) is 11.6. The van der Waals surface area contributed by atoms with Gasteiger partial charge in [0.05, 0.1) is 18.2 Å². The molecule has 1 aliphatic carbocycles. The van der Waals surface area contributed by atoms with Gasteiger partial charge < -0.3 is 14.7 Å². The van der Waals surface area contributed by atoms with Gasteiger partial charge in [-0.3, -0.25) is 9.69 Å². The van der Waals surface area contributed by atoms with Gasteiger partial charge in [-0.2, -0.15) is 0 Å². The van der Waals surface area contributed by atoms with E-state index >= 15 is 0 Å². The zero-order valence-corrected chi connectivity index (χ0v) is 18.0. The Kier molecular flexibility index (Phi) is 6.08. The van der Waals surface area contributed by atoms with Crippen molar-refractivity contribution in [3.8, 4) is 0 Å². The fourth-order valence-corrected chi connectivity index (χ4v) is 5.73. The molecule has 164 valence electrons. The molecule has 2 aromatic carbocycles. The van der Waals surface area contributed by atoms with Crippen LogP contribution >= 0.6 is 0 Å². The molecule has 0 aromatic heterocycles. The number of likely N-dealkylation sites (tertiary alicyclic amines) is 1. The van der Waals surface area contributed by atoms with E-state index in [2.05, 4.69) is 47.4 Å². The van der Waals surface area contributed by atoms with E-state index in [9.17, 15) is 9.90 Å². The Balaban J connectivity index is 1.27. The molecule has 5 rings (SSSR count). The molecule has 1 amide bonds. The molecule has 0 spiro atoms. The van der Waals surface area contributed by atoms with Crippen LogP contribution in [-0.2, 0) is 16.1 Å². The maximum Gasteiger partial charge on any atom is 0.249 e. The minimum Gasteiger partial charge on any atom is -0.391 e. The molecule has 0 radical (unpaired) electrons. The summed E-state index contributed by atoms with van der Waals surface area (Å²) in [6.07, 6.45) is 3.14. The largest absolute Gasteiger partial charge is 0.391 e. The molecule has 5 nitrogen and oxygen atoms in total. The number of morpholine rings is 1. The summed E-state index contributed by atoms with van der Waals surface area (Å²) in [6, 6.07) is 21.1. The Labute approximate surface area is 184 Å². The van der Waals surface area contributed by atoms with Crippen LogP contribution in [0.3, 0.4) is 0 Å². The summed E-state index contributed by atoms with van der Waals surface area (Å²) in [7, 11) is 0. The Hall–Kier alpha value is -2.21. The number of hydrogen-bond acceptors (Lipinski definition) is 4. The van der Waals surface area contributed by atoms with Gasteiger partial charge in [-0.25, -0.2) is 0 Å². The Morgan fingerprint density at radius 2 is 1.58 bits per heavy atom.